The van der Waals surface area contributed by atoms with Crippen molar-refractivity contribution in [3.05, 3.63) is 30.3 Å². The van der Waals surface area contributed by atoms with Crippen molar-refractivity contribution in [3.8, 4) is 5.75 Å². The molecule has 6 heteroatoms. The quantitative estimate of drug-likeness (QED) is 0.185. The van der Waals surface area contributed by atoms with Gasteiger partial charge < -0.3 is 20.5 Å². The van der Waals surface area contributed by atoms with Crippen molar-refractivity contribution in [2.24, 2.45) is 10.4 Å². The number of aliphatic hydroxyl groups excluding tert-OH is 1. The van der Waals surface area contributed by atoms with Gasteiger partial charge in [0.25, 0.3) is 0 Å². The van der Waals surface area contributed by atoms with E-state index < -0.39 is 0 Å². The predicted octanol–water partition coefficient (Wildman–Crippen LogP) is 3.82. The van der Waals surface area contributed by atoms with Gasteiger partial charge in [-0.3, -0.25) is 4.99 Å². The summed E-state index contributed by atoms with van der Waals surface area (Å²) in [6.07, 6.45) is 3.76. The van der Waals surface area contributed by atoms with Gasteiger partial charge in [-0.25, -0.2) is 0 Å². The van der Waals surface area contributed by atoms with Crippen molar-refractivity contribution in [2.45, 2.75) is 46.5 Å². The second kappa shape index (κ2) is 15.1. The SMILES string of the molecule is CCNC(=NCC(CC)(CC)CCO)NCCCOc1ccccc1.I. The number of guanidine groups is 1. The monoisotopic (exact) mass is 477 g/mol. The van der Waals surface area contributed by atoms with Crippen LogP contribution in [0.5, 0.6) is 5.75 Å². The molecule has 0 heterocycles. The van der Waals surface area contributed by atoms with E-state index in [1.807, 2.05) is 30.3 Å². The van der Waals surface area contributed by atoms with E-state index in [1.165, 1.54) is 0 Å². The highest BCUT2D eigenvalue weighted by molar-refractivity contribution is 14.0. The number of aliphatic imine (C=N–C) groups is 1. The molecule has 0 amide bonds. The van der Waals surface area contributed by atoms with Crippen molar-refractivity contribution in [2.75, 3.05) is 32.8 Å². The number of hydrogen-bond acceptors (Lipinski definition) is 3. The zero-order valence-electron chi connectivity index (χ0n) is 16.5. The Morgan fingerprint density at radius 2 is 1.81 bits per heavy atom. The molecular weight excluding hydrogens is 441 g/mol. The molecule has 26 heavy (non-hydrogen) atoms. The number of hydrogen-bond donors (Lipinski definition) is 3. The van der Waals surface area contributed by atoms with Gasteiger partial charge in [-0.1, -0.05) is 32.0 Å². The predicted molar refractivity (Wildman–Crippen MR) is 121 cm³/mol. The summed E-state index contributed by atoms with van der Waals surface area (Å²) in [5, 5.41) is 16.0. The van der Waals surface area contributed by atoms with Gasteiger partial charge in [0, 0.05) is 26.2 Å². The minimum atomic E-state index is 0. The lowest BCUT2D eigenvalue weighted by atomic mass is 9.79. The second-order valence-corrected chi connectivity index (χ2v) is 6.32. The maximum atomic E-state index is 9.33. The molecule has 0 aliphatic rings. The lowest BCUT2D eigenvalue weighted by Crippen LogP contribution is -2.39. The molecule has 0 radical (unpaired) electrons. The molecule has 150 valence electrons. The van der Waals surface area contributed by atoms with Crippen molar-refractivity contribution < 1.29 is 9.84 Å². The van der Waals surface area contributed by atoms with E-state index in [-0.39, 0.29) is 36.0 Å². The maximum absolute atomic E-state index is 9.33. The molecule has 0 spiro atoms. The van der Waals surface area contributed by atoms with Crippen LogP contribution in [0.1, 0.15) is 46.5 Å². The molecule has 0 aromatic heterocycles. The molecule has 0 fully saturated rings. The van der Waals surface area contributed by atoms with Crippen LogP contribution in [-0.4, -0.2) is 43.9 Å². The van der Waals surface area contributed by atoms with Crippen LogP contribution in [-0.2, 0) is 0 Å². The van der Waals surface area contributed by atoms with E-state index in [0.717, 1.165) is 57.0 Å². The Balaban J connectivity index is 0.00000625. The molecule has 0 atom stereocenters. The van der Waals surface area contributed by atoms with Gasteiger partial charge in [-0.05, 0) is 50.2 Å². The first kappa shape index (κ1) is 25.0. The highest BCUT2D eigenvalue weighted by atomic mass is 127. The van der Waals surface area contributed by atoms with Gasteiger partial charge in [0.1, 0.15) is 5.75 Å². The summed E-state index contributed by atoms with van der Waals surface area (Å²) < 4.78 is 5.70. The van der Waals surface area contributed by atoms with E-state index in [0.29, 0.717) is 6.61 Å². The van der Waals surface area contributed by atoms with Gasteiger partial charge in [0.05, 0.1) is 6.61 Å². The van der Waals surface area contributed by atoms with E-state index in [4.69, 9.17) is 9.73 Å². The lowest BCUT2D eigenvalue weighted by Gasteiger charge is -2.29. The fraction of sp³-hybridized carbons (Fsp3) is 0.650. The standard InChI is InChI=1S/C20H35N3O2.HI/c1-4-20(5-2,13-15-24)17-23-19(21-6-3)22-14-10-16-25-18-11-8-7-9-12-18;/h7-9,11-12,24H,4-6,10,13-17H2,1-3H3,(H2,21,22,23);1H. The number of aliphatic hydroxyl groups is 1. The summed E-state index contributed by atoms with van der Waals surface area (Å²) in [6, 6.07) is 9.87. The minimum absolute atomic E-state index is 0. The zero-order chi connectivity index (χ0) is 18.4. The molecule has 3 N–H and O–H groups in total. The Kier molecular flexibility index (Phi) is 14.5. The molecule has 0 saturated heterocycles. The van der Waals surface area contributed by atoms with Crippen LogP contribution in [0, 0.1) is 5.41 Å². The molecule has 1 rings (SSSR count). The number of benzene rings is 1. The Hall–Kier alpha value is -1.02. The first-order valence-electron chi connectivity index (χ1n) is 9.50. The molecule has 0 saturated carbocycles. The van der Waals surface area contributed by atoms with Gasteiger partial charge in [0.15, 0.2) is 5.96 Å². The van der Waals surface area contributed by atoms with Gasteiger partial charge in [-0.2, -0.15) is 0 Å². The largest absolute Gasteiger partial charge is 0.494 e. The third-order valence-corrected chi connectivity index (χ3v) is 4.68. The van der Waals surface area contributed by atoms with Gasteiger partial charge in [-0.15, -0.1) is 24.0 Å². The smallest absolute Gasteiger partial charge is 0.191 e. The van der Waals surface area contributed by atoms with Crippen LogP contribution >= 0.6 is 24.0 Å². The van der Waals surface area contributed by atoms with Crippen LogP contribution in [0.3, 0.4) is 0 Å². The Bertz CT molecular complexity index is 479. The average molecular weight is 477 g/mol. The maximum Gasteiger partial charge on any atom is 0.191 e. The highest BCUT2D eigenvalue weighted by Crippen LogP contribution is 2.30. The fourth-order valence-electron chi connectivity index (χ4n) is 2.72. The Labute approximate surface area is 176 Å². The summed E-state index contributed by atoms with van der Waals surface area (Å²) in [4.78, 5) is 4.74. The van der Waals surface area contributed by atoms with Gasteiger partial charge >= 0.3 is 0 Å². The number of ether oxygens (including phenoxy) is 1. The molecule has 5 nitrogen and oxygen atoms in total. The third-order valence-electron chi connectivity index (χ3n) is 4.68. The number of nitrogens with one attached hydrogen (secondary N) is 2. The number of para-hydroxylation sites is 1. The normalized spacial score (nSPS) is 11.6. The van der Waals surface area contributed by atoms with E-state index >= 15 is 0 Å². The van der Waals surface area contributed by atoms with Crippen LogP contribution < -0.4 is 15.4 Å². The first-order chi connectivity index (χ1) is 12.2. The van der Waals surface area contributed by atoms with Crippen molar-refractivity contribution >= 4 is 29.9 Å². The Morgan fingerprint density at radius 3 is 2.38 bits per heavy atom. The number of halogens is 1. The number of nitrogens with zero attached hydrogens (tertiary/aromatic N) is 1. The molecule has 0 bridgehead atoms. The number of rotatable bonds is 12. The molecule has 1 aromatic carbocycles. The zero-order valence-corrected chi connectivity index (χ0v) is 18.8. The van der Waals surface area contributed by atoms with E-state index in [1.54, 1.807) is 0 Å². The van der Waals surface area contributed by atoms with E-state index in [9.17, 15) is 5.11 Å². The van der Waals surface area contributed by atoms with E-state index in [2.05, 4.69) is 31.4 Å². The van der Waals surface area contributed by atoms with Crippen molar-refractivity contribution in [1.82, 2.24) is 10.6 Å². The highest BCUT2D eigenvalue weighted by Gasteiger charge is 2.25. The first-order valence-corrected chi connectivity index (χ1v) is 9.50. The fourth-order valence-corrected chi connectivity index (χ4v) is 2.72. The van der Waals surface area contributed by atoms with Crippen LogP contribution in [0.2, 0.25) is 0 Å². The summed E-state index contributed by atoms with van der Waals surface area (Å²) in [5.74, 6) is 1.74. The molecule has 1 aromatic rings. The molecule has 0 aliphatic carbocycles. The average Bonchev–Trinajstić information content (AvgIpc) is 2.65. The van der Waals surface area contributed by atoms with Gasteiger partial charge in [0.2, 0.25) is 0 Å². The summed E-state index contributed by atoms with van der Waals surface area (Å²) >= 11 is 0. The van der Waals surface area contributed by atoms with Crippen LogP contribution in [0.25, 0.3) is 0 Å². The lowest BCUT2D eigenvalue weighted by molar-refractivity contribution is 0.175. The minimum Gasteiger partial charge on any atom is -0.494 e. The summed E-state index contributed by atoms with van der Waals surface area (Å²) in [5.41, 5.74) is 0.0908. The molecule has 0 aliphatic heterocycles. The topological polar surface area (TPSA) is 65.9 Å². The van der Waals surface area contributed by atoms with Crippen molar-refractivity contribution in [1.29, 1.82) is 0 Å². The Morgan fingerprint density at radius 1 is 1.12 bits per heavy atom. The summed E-state index contributed by atoms with van der Waals surface area (Å²) in [7, 11) is 0. The summed E-state index contributed by atoms with van der Waals surface area (Å²) in [6.45, 7) is 9.69. The second-order valence-electron chi connectivity index (χ2n) is 6.32. The molecule has 0 unspecified atom stereocenters. The third kappa shape index (κ3) is 9.62. The van der Waals surface area contributed by atoms with Crippen LogP contribution in [0.4, 0.5) is 0 Å². The molecular formula is C20H36IN3O2. The van der Waals surface area contributed by atoms with Crippen LogP contribution in [0.15, 0.2) is 35.3 Å². The van der Waals surface area contributed by atoms with Crippen molar-refractivity contribution in [3.63, 3.8) is 0 Å².